The number of para-hydroxylation sites is 2. The number of fused-ring (bicyclic) bond motifs is 1. The molecule has 1 aliphatic rings. The van der Waals surface area contributed by atoms with Crippen LogP contribution in [0, 0.1) is 0 Å². The molecule has 3 heterocycles. The van der Waals surface area contributed by atoms with E-state index in [9.17, 15) is 4.39 Å². The molecule has 0 spiro atoms. The Hall–Kier alpha value is -2.25. The van der Waals surface area contributed by atoms with Gasteiger partial charge in [0.15, 0.2) is 0 Å². The highest BCUT2D eigenvalue weighted by Crippen LogP contribution is 2.20. The van der Waals surface area contributed by atoms with Gasteiger partial charge in [-0.25, -0.2) is 14.4 Å². The van der Waals surface area contributed by atoms with Gasteiger partial charge in [0.1, 0.15) is 30.5 Å². The van der Waals surface area contributed by atoms with Gasteiger partial charge < -0.3 is 14.3 Å². The number of likely N-dealkylation sites (tertiary alicyclic amines) is 1. The van der Waals surface area contributed by atoms with Gasteiger partial charge >= 0.3 is 0 Å². The van der Waals surface area contributed by atoms with Crippen LogP contribution in [0.2, 0.25) is 0 Å². The molecule has 126 valence electrons. The van der Waals surface area contributed by atoms with Crippen molar-refractivity contribution in [2.24, 2.45) is 7.05 Å². The highest BCUT2D eigenvalue weighted by atomic mass is 19.1. The van der Waals surface area contributed by atoms with E-state index in [1.165, 1.54) is 0 Å². The van der Waals surface area contributed by atoms with Crippen LogP contribution in [0.25, 0.3) is 11.0 Å². The van der Waals surface area contributed by atoms with Gasteiger partial charge in [0.2, 0.25) is 0 Å². The second kappa shape index (κ2) is 6.33. The van der Waals surface area contributed by atoms with Crippen molar-refractivity contribution >= 4 is 11.0 Å². The Labute approximate surface area is 139 Å². The summed E-state index contributed by atoms with van der Waals surface area (Å²) in [6, 6.07) is 7.80. The van der Waals surface area contributed by atoms with Crippen molar-refractivity contribution in [2.45, 2.75) is 25.4 Å². The number of aryl methyl sites for hydroxylation is 1. The molecule has 0 aliphatic carbocycles. The van der Waals surface area contributed by atoms with Crippen LogP contribution in [-0.4, -0.2) is 49.8 Å². The van der Waals surface area contributed by atoms with Gasteiger partial charge in [0.25, 0.3) is 0 Å². The molecular formula is C17H20FN5O. The van der Waals surface area contributed by atoms with E-state index in [0.717, 1.165) is 22.7 Å². The van der Waals surface area contributed by atoms with Crippen molar-refractivity contribution in [2.75, 3.05) is 13.1 Å². The molecular weight excluding hydrogens is 309 g/mol. The van der Waals surface area contributed by atoms with Crippen LogP contribution in [0.5, 0.6) is 0 Å². The normalized spacial score (nSPS) is 21.8. The van der Waals surface area contributed by atoms with Crippen molar-refractivity contribution in [3.63, 3.8) is 0 Å². The van der Waals surface area contributed by atoms with E-state index in [2.05, 4.69) is 15.0 Å². The lowest BCUT2D eigenvalue weighted by atomic mass is 10.3. The first kappa shape index (κ1) is 15.3. The van der Waals surface area contributed by atoms with Gasteiger partial charge in [-0.1, -0.05) is 12.1 Å². The quantitative estimate of drug-likeness (QED) is 0.778. The largest absolute Gasteiger partial charge is 0.366 e. The fraction of sp³-hybridized carbons (Fsp3) is 0.412. The molecule has 0 amide bonds. The number of hydrogen-bond donors (Lipinski definition) is 1. The standard InChI is InChI=1S/C17H20FN5O/c1-22-7-6-19-17(22)10-23-8-12(18)15(9-23)24-11-16-20-13-4-2-3-5-14(13)21-16/h2-7,12,15H,8-11H2,1H3,(H,20,21)/t12-,15+/m1/s1. The minimum atomic E-state index is -0.991. The summed E-state index contributed by atoms with van der Waals surface area (Å²) in [5, 5.41) is 0. The third-order valence-electron chi connectivity index (χ3n) is 4.43. The van der Waals surface area contributed by atoms with E-state index in [-0.39, 0.29) is 6.61 Å². The van der Waals surface area contributed by atoms with E-state index in [0.29, 0.717) is 19.6 Å². The number of alkyl halides is 1. The first-order valence-corrected chi connectivity index (χ1v) is 8.07. The monoisotopic (exact) mass is 329 g/mol. The average molecular weight is 329 g/mol. The summed E-state index contributed by atoms with van der Waals surface area (Å²) >= 11 is 0. The Morgan fingerprint density at radius 1 is 1.33 bits per heavy atom. The zero-order valence-corrected chi connectivity index (χ0v) is 13.5. The lowest BCUT2D eigenvalue weighted by molar-refractivity contribution is 0.00857. The lowest BCUT2D eigenvalue weighted by Crippen LogP contribution is -2.25. The van der Waals surface area contributed by atoms with Crippen molar-refractivity contribution in [3.8, 4) is 0 Å². The molecule has 0 radical (unpaired) electrons. The van der Waals surface area contributed by atoms with Crippen LogP contribution >= 0.6 is 0 Å². The number of ether oxygens (including phenoxy) is 1. The number of nitrogens with zero attached hydrogens (tertiary/aromatic N) is 4. The van der Waals surface area contributed by atoms with Crippen LogP contribution in [0.15, 0.2) is 36.7 Å². The summed E-state index contributed by atoms with van der Waals surface area (Å²) in [7, 11) is 1.95. The molecule has 2 aromatic heterocycles. The van der Waals surface area contributed by atoms with Gasteiger partial charge in [-0.2, -0.15) is 0 Å². The molecule has 7 heteroatoms. The molecule has 1 N–H and O–H groups in total. The second-order valence-electron chi connectivity index (χ2n) is 6.21. The molecule has 24 heavy (non-hydrogen) atoms. The van der Waals surface area contributed by atoms with Gasteiger partial charge in [-0.3, -0.25) is 4.90 Å². The van der Waals surface area contributed by atoms with Gasteiger partial charge in [0.05, 0.1) is 17.6 Å². The third-order valence-corrected chi connectivity index (χ3v) is 4.43. The highest BCUT2D eigenvalue weighted by molar-refractivity contribution is 5.74. The number of H-pyrrole nitrogens is 1. The van der Waals surface area contributed by atoms with E-state index in [1.54, 1.807) is 6.20 Å². The van der Waals surface area contributed by atoms with Crippen LogP contribution in [0.3, 0.4) is 0 Å². The minimum absolute atomic E-state index is 0.288. The summed E-state index contributed by atoms with van der Waals surface area (Å²) in [5.41, 5.74) is 1.87. The molecule has 0 bridgehead atoms. The molecule has 1 aliphatic heterocycles. The van der Waals surface area contributed by atoms with Crippen LogP contribution in [0.1, 0.15) is 11.6 Å². The van der Waals surface area contributed by atoms with Gasteiger partial charge in [0, 0.05) is 32.5 Å². The van der Waals surface area contributed by atoms with Crippen LogP contribution in [-0.2, 0) is 24.9 Å². The smallest absolute Gasteiger partial charge is 0.140 e. The number of benzene rings is 1. The van der Waals surface area contributed by atoms with Crippen molar-refractivity contribution in [1.82, 2.24) is 24.4 Å². The maximum Gasteiger partial charge on any atom is 0.140 e. The number of rotatable bonds is 5. The lowest BCUT2D eigenvalue weighted by Gasteiger charge is -2.15. The summed E-state index contributed by atoms with van der Waals surface area (Å²) in [4.78, 5) is 14.0. The molecule has 0 unspecified atom stereocenters. The molecule has 2 atom stereocenters. The van der Waals surface area contributed by atoms with Crippen molar-refractivity contribution < 1.29 is 9.13 Å². The number of hydrogen-bond acceptors (Lipinski definition) is 4. The SMILES string of the molecule is Cn1ccnc1CN1C[C@@H](F)[C@@H](OCc2nc3ccccc3[nH]2)C1. The Morgan fingerprint density at radius 3 is 3.00 bits per heavy atom. The first-order valence-electron chi connectivity index (χ1n) is 8.07. The van der Waals surface area contributed by atoms with Crippen LogP contribution in [0.4, 0.5) is 4.39 Å². The summed E-state index contributed by atoms with van der Waals surface area (Å²) in [6.07, 6.45) is 2.23. The number of halogens is 1. The Bertz CT molecular complexity index is 796. The number of aromatic amines is 1. The molecule has 3 aromatic rings. The topological polar surface area (TPSA) is 59.0 Å². The average Bonchev–Trinajstić information content (AvgIpc) is 3.25. The van der Waals surface area contributed by atoms with E-state index < -0.39 is 12.3 Å². The minimum Gasteiger partial charge on any atom is -0.366 e. The van der Waals surface area contributed by atoms with Crippen molar-refractivity contribution in [3.05, 3.63) is 48.3 Å². The number of nitrogens with one attached hydrogen (secondary N) is 1. The zero-order valence-electron chi connectivity index (χ0n) is 13.5. The maximum absolute atomic E-state index is 14.3. The fourth-order valence-electron chi connectivity index (χ4n) is 3.10. The van der Waals surface area contributed by atoms with Gasteiger partial charge in [-0.15, -0.1) is 0 Å². The van der Waals surface area contributed by atoms with E-state index in [1.807, 2.05) is 47.0 Å². The summed E-state index contributed by atoms with van der Waals surface area (Å²) in [6.45, 7) is 1.86. The van der Waals surface area contributed by atoms with Crippen LogP contribution < -0.4 is 0 Å². The fourth-order valence-corrected chi connectivity index (χ4v) is 3.10. The number of imidazole rings is 2. The Balaban J connectivity index is 1.35. The van der Waals surface area contributed by atoms with Crippen molar-refractivity contribution in [1.29, 1.82) is 0 Å². The molecule has 1 aromatic carbocycles. The molecule has 1 fully saturated rings. The van der Waals surface area contributed by atoms with Gasteiger partial charge in [-0.05, 0) is 12.1 Å². The zero-order chi connectivity index (χ0) is 16.5. The third kappa shape index (κ3) is 3.05. The molecule has 4 rings (SSSR count). The van der Waals surface area contributed by atoms with E-state index >= 15 is 0 Å². The summed E-state index contributed by atoms with van der Waals surface area (Å²) < 4.78 is 22.0. The Morgan fingerprint density at radius 2 is 2.21 bits per heavy atom. The summed E-state index contributed by atoms with van der Waals surface area (Å²) in [5.74, 6) is 1.66. The molecule has 6 nitrogen and oxygen atoms in total. The second-order valence-corrected chi connectivity index (χ2v) is 6.21. The molecule has 1 saturated heterocycles. The molecule has 0 saturated carbocycles. The predicted octanol–water partition coefficient (Wildman–Crippen LogP) is 2.04. The number of aromatic nitrogens is 4. The first-order chi connectivity index (χ1) is 11.7. The maximum atomic E-state index is 14.3. The highest BCUT2D eigenvalue weighted by Gasteiger charge is 2.34. The van der Waals surface area contributed by atoms with E-state index in [4.69, 9.17) is 4.74 Å². The predicted molar refractivity (Wildman–Crippen MR) is 88.1 cm³/mol. The Kier molecular flexibility index (Phi) is 4.03.